The van der Waals surface area contributed by atoms with Crippen molar-refractivity contribution in [1.29, 1.82) is 0 Å². The number of rotatable bonds is 10. The summed E-state index contributed by atoms with van der Waals surface area (Å²) >= 11 is 0. The Bertz CT molecular complexity index is 1140. The van der Waals surface area contributed by atoms with E-state index in [1.807, 2.05) is 30.3 Å². The molecule has 2 aromatic rings. The van der Waals surface area contributed by atoms with Gasteiger partial charge in [0.15, 0.2) is 5.54 Å². The summed E-state index contributed by atoms with van der Waals surface area (Å²) < 4.78 is 26.1. The van der Waals surface area contributed by atoms with Crippen molar-refractivity contribution in [1.82, 2.24) is 10.2 Å². The van der Waals surface area contributed by atoms with Gasteiger partial charge in [0, 0.05) is 26.2 Å². The lowest BCUT2D eigenvalue weighted by molar-refractivity contribution is -0.446. The maximum atomic E-state index is 13.5. The number of hydrogen-bond acceptors (Lipinski definition) is 5. The summed E-state index contributed by atoms with van der Waals surface area (Å²) in [5.41, 5.74) is 5.56. The highest BCUT2D eigenvalue weighted by molar-refractivity contribution is 7.92. The molecule has 0 spiro atoms. The van der Waals surface area contributed by atoms with E-state index in [2.05, 4.69) is 32.8 Å². The van der Waals surface area contributed by atoms with Gasteiger partial charge in [0.25, 0.3) is 5.91 Å². The van der Waals surface area contributed by atoms with Crippen molar-refractivity contribution in [3.63, 3.8) is 0 Å². The molecular weight excluding hydrogens is 478 g/mol. The number of anilines is 2. The number of sulfonamides is 1. The van der Waals surface area contributed by atoms with Gasteiger partial charge in [-0.3, -0.25) is 14.3 Å². The average Bonchev–Trinajstić information content (AvgIpc) is 2.82. The first-order chi connectivity index (χ1) is 16.9. The van der Waals surface area contributed by atoms with Gasteiger partial charge in [0.05, 0.1) is 17.6 Å². The summed E-state index contributed by atoms with van der Waals surface area (Å²) in [6.45, 7) is 5.53. The zero-order valence-electron chi connectivity index (χ0n) is 21.4. The van der Waals surface area contributed by atoms with Crippen molar-refractivity contribution < 1.29 is 23.7 Å². The zero-order chi connectivity index (χ0) is 26.3. The molecule has 0 saturated carbocycles. The molecule has 1 saturated heterocycles. The topological polar surface area (TPSA) is 126 Å². The Morgan fingerprint density at radius 1 is 1.00 bits per heavy atom. The third-order valence-electron chi connectivity index (χ3n) is 6.15. The van der Waals surface area contributed by atoms with Gasteiger partial charge in [-0.15, -0.1) is 0 Å². The first-order valence-electron chi connectivity index (χ1n) is 12.2. The smallest absolute Gasteiger partial charge is 0.281 e. The fraction of sp³-hybridized carbons (Fsp3) is 0.462. The lowest BCUT2D eigenvalue weighted by Crippen LogP contribution is -2.76. The number of nitrogens with one attached hydrogen (secondary N) is 2. The second-order valence-corrected chi connectivity index (χ2v) is 11.7. The highest BCUT2D eigenvalue weighted by atomic mass is 32.2. The van der Waals surface area contributed by atoms with Gasteiger partial charge in [-0.1, -0.05) is 42.5 Å². The summed E-state index contributed by atoms with van der Waals surface area (Å²) in [7, 11) is -3.41. The molecule has 196 valence electrons. The number of hydrogen-bond donors (Lipinski definition) is 3. The highest BCUT2D eigenvalue weighted by Gasteiger charge is 2.33. The van der Waals surface area contributed by atoms with Crippen LogP contribution in [-0.4, -0.2) is 69.1 Å². The van der Waals surface area contributed by atoms with E-state index in [9.17, 15) is 18.0 Å². The van der Waals surface area contributed by atoms with Gasteiger partial charge in [-0.05, 0) is 50.8 Å². The van der Waals surface area contributed by atoms with Crippen LogP contribution >= 0.6 is 0 Å². The molecule has 0 aliphatic carbocycles. The Morgan fingerprint density at radius 3 is 2.22 bits per heavy atom. The minimum atomic E-state index is -3.41. The Kier molecular flexibility index (Phi) is 8.97. The molecule has 1 fully saturated rings. The van der Waals surface area contributed by atoms with Crippen molar-refractivity contribution in [2.45, 2.75) is 44.7 Å². The maximum Gasteiger partial charge on any atom is 0.281 e. The van der Waals surface area contributed by atoms with Gasteiger partial charge < -0.3 is 20.9 Å². The molecule has 0 unspecified atom stereocenters. The Morgan fingerprint density at radius 2 is 1.61 bits per heavy atom. The molecule has 1 aliphatic rings. The number of carbonyl (C=O) groups is 2. The molecule has 0 aromatic heterocycles. The van der Waals surface area contributed by atoms with E-state index in [1.54, 1.807) is 30.9 Å². The summed E-state index contributed by atoms with van der Waals surface area (Å²) in [6.07, 6.45) is 3.26. The molecule has 1 aliphatic heterocycles. The standard InChI is InChI=1S/C26H37N5O4S/c1-26(2,27)25(33)28-22(14-9-12-20-10-5-4-6-11-20)24(32)31-18-16-30(17-19-31)23-15-8-7-13-21(23)29-36(3,34)35/h4-8,10-11,13,15,22,29H,9,12,14,16-19,27H2,1-3H3,(H,28,33)/p+1/t22-/m1/s1. The van der Waals surface area contributed by atoms with E-state index in [0.717, 1.165) is 24.8 Å². The van der Waals surface area contributed by atoms with Gasteiger partial charge in [-0.25, -0.2) is 8.42 Å². The quantitative estimate of drug-likeness (QED) is 0.438. The van der Waals surface area contributed by atoms with E-state index in [0.29, 0.717) is 38.3 Å². The van der Waals surface area contributed by atoms with Crippen LogP contribution in [0.15, 0.2) is 54.6 Å². The van der Waals surface area contributed by atoms with Crippen LogP contribution in [0.3, 0.4) is 0 Å². The van der Waals surface area contributed by atoms with Crippen molar-refractivity contribution in [2.24, 2.45) is 0 Å². The molecule has 1 heterocycles. The van der Waals surface area contributed by atoms with Crippen molar-refractivity contribution in [3.8, 4) is 0 Å². The second-order valence-electron chi connectivity index (χ2n) is 9.99. The minimum Gasteiger partial charge on any atom is -0.366 e. The number of para-hydroxylation sites is 2. The predicted molar refractivity (Wildman–Crippen MR) is 142 cm³/mol. The minimum absolute atomic E-state index is 0.0946. The molecule has 5 N–H and O–H groups in total. The Hall–Kier alpha value is -3.11. The summed E-state index contributed by atoms with van der Waals surface area (Å²) in [6, 6.07) is 16.7. The first-order valence-corrected chi connectivity index (χ1v) is 14.1. The van der Waals surface area contributed by atoms with Crippen LogP contribution in [0.5, 0.6) is 0 Å². The van der Waals surface area contributed by atoms with Crippen LogP contribution in [0.25, 0.3) is 0 Å². The number of nitrogens with zero attached hydrogens (tertiary/aromatic N) is 2. The number of quaternary nitrogens is 1. The highest BCUT2D eigenvalue weighted by Crippen LogP contribution is 2.27. The number of piperazine rings is 1. The van der Waals surface area contributed by atoms with E-state index < -0.39 is 21.6 Å². The number of carbonyl (C=O) groups excluding carboxylic acids is 2. The normalized spacial score (nSPS) is 15.3. The third-order valence-corrected chi connectivity index (χ3v) is 6.74. The predicted octanol–water partition coefficient (Wildman–Crippen LogP) is 1.23. The molecule has 36 heavy (non-hydrogen) atoms. The molecular formula is C26H38N5O4S+. The molecule has 0 radical (unpaired) electrons. The zero-order valence-corrected chi connectivity index (χ0v) is 22.2. The first kappa shape index (κ1) is 27.5. The van der Waals surface area contributed by atoms with Crippen LogP contribution in [0.2, 0.25) is 0 Å². The van der Waals surface area contributed by atoms with Gasteiger partial charge in [-0.2, -0.15) is 0 Å². The molecule has 10 heteroatoms. The van der Waals surface area contributed by atoms with Gasteiger partial charge in [0.2, 0.25) is 15.9 Å². The van der Waals surface area contributed by atoms with Crippen LogP contribution < -0.4 is 20.7 Å². The molecule has 9 nitrogen and oxygen atoms in total. The molecule has 2 aromatic carbocycles. The van der Waals surface area contributed by atoms with Crippen LogP contribution in [0, 0.1) is 0 Å². The molecule has 3 rings (SSSR count). The van der Waals surface area contributed by atoms with Crippen LogP contribution in [-0.2, 0) is 26.0 Å². The second kappa shape index (κ2) is 11.7. The summed E-state index contributed by atoms with van der Waals surface area (Å²) in [5.74, 6) is -0.345. The molecule has 0 bridgehead atoms. The molecule has 1 atom stereocenters. The van der Waals surface area contributed by atoms with E-state index in [-0.39, 0.29) is 11.8 Å². The SMILES string of the molecule is CC(C)([NH3+])C(=O)N[C@H](CCCc1ccccc1)C(=O)N1CCN(c2ccccc2NS(C)(=O)=O)CC1. The van der Waals surface area contributed by atoms with Crippen molar-refractivity contribution >= 4 is 33.2 Å². The number of amides is 2. The number of aryl methyl sites for hydroxylation is 1. The van der Waals surface area contributed by atoms with Crippen LogP contribution in [0.4, 0.5) is 11.4 Å². The van der Waals surface area contributed by atoms with E-state index in [4.69, 9.17) is 0 Å². The van der Waals surface area contributed by atoms with Gasteiger partial charge >= 0.3 is 0 Å². The van der Waals surface area contributed by atoms with Crippen molar-refractivity contribution in [3.05, 3.63) is 60.2 Å². The monoisotopic (exact) mass is 516 g/mol. The number of benzene rings is 2. The van der Waals surface area contributed by atoms with Crippen LogP contribution in [0.1, 0.15) is 32.3 Å². The fourth-order valence-corrected chi connectivity index (χ4v) is 4.76. The Labute approximate surface area is 214 Å². The summed E-state index contributed by atoms with van der Waals surface area (Å²) in [5, 5.41) is 2.94. The lowest BCUT2D eigenvalue weighted by Gasteiger charge is -2.38. The fourth-order valence-electron chi connectivity index (χ4n) is 4.19. The largest absolute Gasteiger partial charge is 0.366 e. The third kappa shape index (κ3) is 7.96. The van der Waals surface area contributed by atoms with Gasteiger partial charge in [0.1, 0.15) is 6.04 Å². The Balaban J connectivity index is 1.65. The van der Waals surface area contributed by atoms with E-state index >= 15 is 0 Å². The summed E-state index contributed by atoms with van der Waals surface area (Å²) in [4.78, 5) is 30.0. The van der Waals surface area contributed by atoms with E-state index in [1.165, 1.54) is 5.56 Å². The molecule has 2 amide bonds. The maximum absolute atomic E-state index is 13.5. The lowest BCUT2D eigenvalue weighted by atomic mass is 10.0. The van der Waals surface area contributed by atoms with Crippen molar-refractivity contribution in [2.75, 3.05) is 42.1 Å². The average molecular weight is 517 g/mol.